The van der Waals surface area contributed by atoms with Crippen molar-refractivity contribution in [2.75, 3.05) is 0 Å². The molecule has 0 aromatic heterocycles. The third-order valence-electron chi connectivity index (χ3n) is 1.25. The van der Waals surface area contributed by atoms with Gasteiger partial charge in [0.25, 0.3) is 0 Å². The number of halogens is 5. The van der Waals surface area contributed by atoms with Gasteiger partial charge >= 0.3 is 12.1 Å². The monoisotopic (exact) mass is 312 g/mol. The Morgan fingerprint density at radius 3 is 1.92 bits per heavy atom. The minimum absolute atomic E-state index is 0.751. The Kier molecular flexibility index (Phi) is 3.59. The van der Waals surface area contributed by atoms with Crippen molar-refractivity contribution in [2.45, 2.75) is 22.3 Å². The summed E-state index contributed by atoms with van der Waals surface area (Å²) >= 11 is 4.75. The SMILES string of the molecule is CC(Br)(C(Br)C(=O)O)C(F)(F)F. The first-order valence-corrected chi connectivity index (χ1v) is 4.44. The van der Waals surface area contributed by atoms with Gasteiger partial charge in [0.05, 0.1) is 0 Å². The average molecular weight is 314 g/mol. The summed E-state index contributed by atoms with van der Waals surface area (Å²) in [6.45, 7) is 0.751. The maximum atomic E-state index is 12.1. The van der Waals surface area contributed by atoms with Gasteiger partial charge in [0.1, 0.15) is 9.15 Å². The molecule has 0 bridgehead atoms. The van der Waals surface area contributed by atoms with Crippen LogP contribution < -0.4 is 0 Å². The van der Waals surface area contributed by atoms with Crippen LogP contribution in [0.3, 0.4) is 0 Å². The van der Waals surface area contributed by atoms with Gasteiger partial charge in [0, 0.05) is 0 Å². The van der Waals surface area contributed by atoms with E-state index in [9.17, 15) is 18.0 Å². The third-order valence-corrected chi connectivity index (χ3v) is 4.08. The van der Waals surface area contributed by atoms with Gasteiger partial charge < -0.3 is 5.11 Å². The molecule has 2 nitrogen and oxygen atoms in total. The standard InChI is InChI=1S/C5H5Br2F3O2/c1-4(7,5(8,9)10)2(6)3(11)12/h2H,1H3,(H,11,12). The summed E-state index contributed by atoms with van der Waals surface area (Å²) in [6, 6.07) is 0. The highest BCUT2D eigenvalue weighted by atomic mass is 79.9. The Labute approximate surface area is 83.4 Å². The van der Waals surface area contributed by atoms with Crippen LogP contribution in [0.1, 0.15) is 6.92 Å². The van der Waals surface area contributed by atoms with E-state index in [1.165, 1.54) is 0 Å². The first-order valence-electron chi connectivity index (χ1n) is 2.73. The first-order chi connectivity index (χ1) is 5.10. The van der Waals surface area contributed by atoms with Crippen LogP contribution in [0.2, 0.25) is 0 Å². The van der Waals surface area contributed by atoms with E-state index in [0.29, 0.717) is 0 Å². The van der Waals surface area contributed by atoms with Crippen LogP contribution in [-0.2, 0) is 4.79 Å². The van der Waals surface area contributed by atoms with Crippen LogP contribution >= 0.6 is 31.9 Å². The zero-order chi connectivity index (χ0) is 10.2. The molecule has 0 heterocycles. The fourth-order valence-electron chi connectivity index (χ4n) is 0.376. The molecule has 0 aromatic rings. The molecule has 0 aromatic carbocycles. The molecule has 72 valence electrons. The Bertz CT molecular complexity index is 190. The van der Waals surface area contributed by atoms with Crippen LogP contribution in [0.25, 0.3) is 0 Å². The quantitative estimate of drug-likeness (QED) is 0.796. The summed E-state index contributed by atoms with van der Waals surface area (Å²) in [4.78, 5) is 8.51. The molecule has 0 aliphatic carbocycles. The van der Waals surface area contributed by atoms with E-state index >= 15 is 0 Å². The number of hydrogen-bond donors (Lipinski definition) is 1. The second-order valence-electron chi connectivity index (χ2n) is 2.27. The van der Waals surface area contributed by atoms with Gasteiger partial charge in [0.2, 0.25) is 0 Å². The number of carbonyl (C=O) groups is 1. The lowest BCUT2D eigenvalue weighted by Gasteiger charge is -2.27. The van der Waals surface area contributed by atoms with Gasteiger partial charge in [-0.2, -0.15) is 13.2 Å². The first kappa shape index (κ1) is 12.2. The highest BCUT2D eigenvalue weighted by Crippen LogP contribution is 2.42. The lowest BCUT2D eigenvalue weighted by molar-refractivity contribution is -0.163. The van der Waals surface area contributed by atoms with Gasteiger partial charge in [-0.1, -0.05) is 31.9 Å². The van der Waals surface area contributed by atoms with Crippen molar-refractivity contribution in [3.8, 4) is 0 Å². The van der Waals surface area contributed by atoms with Gasteiger partial charge in [0.15, 0.2) is 0 Å². The molecule has 0 aliphatic heterocycles. The molecule has 0 spiro atoms. The van der Waals surface area contributed by atoms with E-state index in [2.05, 4.69) is 31.9 Å². The van der Waals surface area contributed by atoms with Crippen molar-refractivity contribution in [1.82, 2.24) is 0 Å². The summed E-state index contributed by atoms with van der Waals surface area (Å²) in [5.41, 5.74) is 0. The topological polar surface area (TPSA) is 37.3 Å². The molecular formula is C5H5Br2F3O2. The van der Waals surface area contributed by atoms with Crippen molar-refractivity contribution in [3.05, 3.63) is 0 Å². The molecule has 0 rings (SSSR count). The number of carboxylic acid groups (broad SMARTS) is 1. The highest BCUT2D eigenvalue weighted by Gasteiger charge is 2.56. The molecule has 2 atom stereocenters. The van der Waals surface area contributed by atoms with Crippen LogP contribution in [0.4, 0.5) is 13.2 Å². The van der Waals surface area contributed by atoms with E-state index < -0.39 is 21.3 Å². The number of hydrogen-bond acceptors (Lipinski definition) is 1. The zero-order valence-electron chi connectivity index (χ0n) is 5.82. The van der Waals surface area contributed by atoms with Crippen LogP contribution in [0.15, 0.2) is 0 Å². The second-order valence-corrected chi connectivity index (χ2v) is 4.84. The molecule has 0 fully saturated rings. The molecule has 0 aliphatic rings. The minimum atomic E-state index is -4.61. The summed E-state index contributed by atoms with van der Waals surface area (Å²) in [7, 11) is 0. The van der Waals surface area contributed by atoms with Crippen molar-refractivity contribution < 1.29 is 23.1 Å². The Morgan fingerprint density at radius 1 is 1.50 bits per heavy atom. The van der Waals surface area contributed by atoms with E-state index in [4.69, 9.17) is 5.11 Å². The van der Waals surface area contributed by atoms with Gasteiger partial charge in [-0.25, -0.2) is 0 Å². The van der Waals surface area contributed by atoms with E-state index in [1.807, 2.05) is 0 Å². The molecule has 0 amide bonds. The molecule has 7 heteroatoms. The fraction of sp³-hybridized carbons (Fsp3) is 0.800. The highest BCUT2D eigenvalue weighted by molar-refractivity contribution is 9.12. The minimum Gasteiger partial charge on any atom is -0.480 e. The van der Waals surface area contributed by atoms with Crippen LogP contribution in [0, 0.1) is 0 Å². The third kappa shape index (κ3) is 2.35. The maximum Gasteiger partial charge on any atom is 0.405 e. The average Bonchev–Trinajstić information content (AvgIpc) is 1.83. The summed E-state index contributed by atoms with van der Waals surface area (Å²) in [5, 5.41) is 8.30. The molecule has 0 saturated heterocycles. The largest absolute Gasteiger partial charge is 0.480 e. The molecule has 2 unspecified atom stereocenters. The molecule has 0 radical (unpaired) electrons. The smallest absolute Gasteiger partial charge is 0.405 e. The molecular weight excluding hydrogens is 309 g/mol. The lowest BCUT2D eigenvalue weighted by Crippen LogP contribution is -2.47. The predicted octanol–water partition coefficient (Wildman–Crippen LogP) is 2.55. The van der Waals surface area contributed by atoms with Crippen LogP contribution in [-0.4, -0.2) is 26.4 Å². The van der Waals surface area contributed by atoms with Gasteiger partial charge in [-0.15, -0.1) is 0 Å². The molecule has 0 saturated carbocycles. The van der Waals surface area contributed by atoms with Crippen molar-refractivity contribution >= 4 is 37.8 Å². The molecule has 1 N–H and O–H groups in total. The van der Waals surface area contributed by atoms with Crippen LogP contribution in [0.5, 0.6) is 0 Å². The predicted molar refractivity (Wildman–Crippen MR) is 43.7 cm³/mol. The molecule has 12 heavy (non-hydrogen) atoms. The summed E-state index contributed by atoms with van der Waals surface area (Å²) < 4.78 is 33.9. The van der Waals surface area contributed by atoms with Crippen molar-refractivity contribution in [3.63, 3.8) is 0 Å². The maximum absolute atomic E-state index is 12.1. The summed E-state index contributed by atoms with van der Waals surface area (Å²) in [5.74, 6) is -1.56. The number of aliphatic carboxylic acids is 1. The van der Waals surface area contributed by atoms with Gasteiger partial charge in [-0.05, 0) is 6.92 Å². The van der Waals surface area contributed by atoms with E-state index in [0.717, 1.165) is 6.92 Å². The number of alkyl halides is 5. The zero-order valence-corrected chi connectivity index (χ0v) is 8.99. The Morgan fingerprint density at radius 2 is 1.83 bits per heavy atom. The number of rotatable bonds is 2. The fourth-order valence-corrected chi connectivity index (χ4v) is 0.831. The lowest BCUT2D eigenvalue weighted by atomic mass is 10.1. The van der Waals surface area contributed by atoms with E-state index in [-0.39, 0.29) is 0 Å². The van der Waals surface area contributed by atoms with Gasteiger partial charge in [-0.3, -0.25) is 4.79 Å². The normalized spacial score (nSPS) is 19.8. The number of carboxylic acids is 1. The Hall–Kier alpha value is 0.220. The van der Waals surface area contributed by atoms with Crippen molar-refractivity contribution in [2.24, 2.45) is 0 Å². The van der Waals surface area contributed by atoms with Crippen molar-refractivity contribution in [1.29, 1.82) is 0 Å². The summed E-state index contributed by atoms with van der Waals surface area (Å²) in [6.07, 6.45) is -4.61. The Balaban J connectivity index is 4.73. The van der Waals surface area contributed by atoms with E-state index in [1.54, 1.807) is 0 Å². The second kappa shape index (κ2) is 3.53.